The summed E-state index contributed by atoms with van der Waals surface area (Å²) in [6.07, 6.45) is -3.76. The number of rotatable bonds is 4. The van der Waals surface area contributed by atoms with Crippen LogP contribution in [-0.2, 0) is 17.5 Å². The third kappa shape index (κ3) is 6.02. The number of hydrogen-bond acceptors (Lipinski definition) is 4. The fourth-order valence-corrected chi connectivity index (χ4v) is 5.18. The Hall–Kier alpha value is -5.10. The first kappa shape index (κ1) is 30.4. The van der Waals surface area contributed by atoms with E-state index in [9.17, 15) is 28.0 Å². The van der Waals surface area contributed by atoms with Crippen LogP contribution in [0.2, 0.25) is 0 Å². The van der Waals surface area contributed by atoms with Gasteiger partial charge in [-0.25, -0.2) is 4.79 Å². The molecule has 5 rings (SSSR count). The lowest BCUT2D eigenvalue weighted by molar-refractivity contribution is -0.137. The summed E-state index contributed by atoms with van der Waals surface area (Å²) in [4.78, 5) is 26.2. The van der Waals surface area contributed by atoms with Gasteiger partial charge in [-0.1, -0.05) is 60.2 Å². The second kappa shape index (κ2) is 11.2. The molecular weight excluding hydrogens is 567 g/mol. The molecule has 0 unspecified atom stereocenters. The molecule has 2 heterocycles. The second-order valence-corrected chi connectivity index (χ2v) is 11.8. The summed E-state index contributed by atoms with van der Waals surface area (Å²) in [5, 5.41) is 10.4. The van der Waals surface area contributed by atoms with Gasteiger partial charge < -0.3 is 9.30 Å². The third-order valence-corrected chi connectivity index (χ3v) is 7.34. The first-order chi connectivity index (χ1) is 20.7. The summed E-state index contributed by atoms with van der Waals surface area (Å²) in [6, 6.07) is 22.2. The maximum atomic E-state index is 14.0. The number of fused-ring (bicyclic) bond motifs is 1. The maximum Gasteiger partial charge on any atom is 0.418 e. The number of benzene rings is 3. The molecule has 0 aliphatic rings. The number of halogens is 3. The number of nitrogens with zero attached hydrogens (tertiary/aromatic N) is 3. The molecule has 6 nitrogen and oxygen atoms in total. The number of pyridine rings is 1. The number of nitriles is 1. The molecule has 0 atom stereocenters. The number of ether oxygens (including phenoxy) is 1. The van der Waals surface area contributed by atoms with Crippen molar-refractivity contribution < 1.29 is 22.7 Å². The standard InChI is InChI=1S/C35H30F3N3O3/c1-21-6-7-27(22(2)16-21)20-41-31(18-29(35(36,37)38)28(19-39)32(41)42)24-10-8-23(9-11-24)26-13-12-25-14-15-40(30(25)17-26)33(43)44-34(3,4)5/h6-18H,20H2,1-5H3. The van der Waals surface area contributed by atoms with Crippen molar-refractivity contribution in [1.82, 2.24) is 9.13 Å². The molecule has 224 valence electrons. The summed E-state index contributed by atoms with van der Waals surface area (Å²) in [7, 11) is 0. The molecule has 0 fully saturated rings. The highest BCUT2D eigenvalue weighted by molar-refractivity contribution is 5.92. The van der Waals surface area contributed by atoms with Crippen molar-refractivity contribution in [3.05, 3.63) is 117 Å². The Labute approximate surface area is 252 Å². The van der Waals surface area contributed by atoms with Crippen LogP contribution in [0.15, 0.2) is 83.8 Å². The third-order valence-electron chi connectivity index (χ3n) is 7.34. The smallest absolute Gasteiger partial charge is 0.418 e. The zero-order valence-corrected chi connectivity index (χ0v) is 24.9. The topological polar surface area (TPSA) is 77.0 Å². The number of hydrogen-bond donors (Lipinski definition) is 0. The predicted molar refractivity (Wildman–Crippen MR) is 163 cm³/mol. The van der Waals surface area contributed by atoms with E-state index in [-0.39, 0.29) is 12.2 Å². The minimum absolute atomic E-state index is 0.00678. The van der Waals surface area contributed by atoms with Gasteiger partial charge in [-0.2, -0.15) is 18.4 Å². The predicted octanol–water partition coefficient (Wildman–Crippen LogP) is 8.48. The van der Waals surface area contributed by atoms with Gasteiger partial charge in [0.1, 0.15) is 17.2 Å². The van der Waals surface area contributed by atoms with E-state index in [1.165, 1.54) is 15.2 Å². The fourth-order valence-electron chi connectivity index (χ4n) is 5.18. The molecular formula is C35H30F3N3O3. The average Bonchev–Trinajstić information content (AvgIpc) is 3.37. The summed E-state index contributed by atoms with van der Waals surface area (Å²) in [5.41, 5.74) is 1.34. The van der Waals surface area contributed by atoms with Crippen LogP contribution in [0, 0.1) is 25.2 Å². The Morgan fingerprint density at radius 2 is 1.55 bits per heavy atom. The van der Waals surface area contributed by atoms with Gasteiger partial charge in [0, 0.05) is 11.6 Å². The van der Waals surface area contributed by atoms with Crippen molar-refractivity contribution in [2.24, 2.45) is 0 Å². The molecule has 0 saturated heterocycles. The largest absolute Gasteiger partial charge is 0.443 e. The number of aryl methyl sites for hydroxylation is 2. The van der Waals surface area contributed by atoms with E-state index in [0.717, 1.165) is 39.3 Å². The van der Waals surface area contributed by atoms with E-state index < -0.39 is 34.6 Å². The van der Waals surface area contributed by atoms with Crippen molar-refractivity contribution in [3.63, 3.8) is 0 Å². The van der Waals surface area contributed by atoms with Crippen LogP contribution in [0.5, 0.6) is 0 Å². The van der Waals surface area contributed by atoms with E-state index in [2.05, 4.69) is 0 Å². The zero-order chi connectivity index (χ0) is 32.0. The highest BCUT2D eigenvalue weighted by Gasteiger charge is 2.36. The SMILES string of the molecule is Cc1ccc(Cn2c(-c3ccc(-c4ccc5ccn(C(=O)OC(C)(C)C)c5c4)cc3)cc(C(F)(F)F)c(C#N)c2=O)c(C)c1. The van der Waals surface area contributed by atoms with Crippen LogP contribution in [0.25, 0.3) is 33.3 Å². The van der Waals surface area contributed by atoms with Gasteiger partial charge in [0.2, 0.25) is 0 Å². The van der Waals surface area contributed by atoms with Gasteiger partial charge >= 0.3 is 12.3 Å². The molecule has 0 bridgehead atoms. The minimum Gasteiger partial charge on any atom is -0.443 e. The van der Waals surface area contributed by atoms with Crippen LogP contribution in [0.1, 0.15) is 48.6 Å². The summed E-state index contributed by atoms with van der Waals surface area (Å²) in [6.45, 7) is 9.15. The molecule has 5 aromatic rings. The van der Waals surface area contributed by atoms with Crippen LogP contribution in [0.4, 0.5) is 18.0 Å². The van der Waals surface area contributed by atoms with E-state index in [4.69, 9.17) is 4.74 Å². The number of alkyl halides is 3. The van der Waals surface area contributed by atoms with Crippen molar-refractivity contribution in [2.45, 2.75) is 52.9 Å². The Bertz CT molecular complexity index is 2000. The lowest BCUT2D eigenvalue weighted by atomic mass is 9.99. The number of aromatic nitrogens is 2. The molecule has 0 N–H and O–H groups in total. The lowest BCUT2D eigenvalue weighted by Crippen LogP contribution is -2.29. The molecule has 3 aromatic carbocycles. The van der Waals surface area contributed by atoms with Crippen molar-refractivity contribution >= 4 is 17.0 Å². The van der Waals surface area contributed by atoms with Crippen molar-refractivity contribution in [1.29, 1.82) is 5.26 Å². The van der Waals surface area contributed by atoms with E-state index in [1.54, 1.807) is 51.2 Å². The first-order valence-corrected chi connectivity index (χ1v) is 13.9. The van der Waals surface area contributed by atoms with Gasteiger partial charge in [0.25, 0.3) is 5.56 Å². The van der Waals surface area contributed by atoms with E-state index in [0.29, 0.717) is 11.1 Å². The highest BCUT2D eigenvalue weighted by atomic mass is 19.4. The van der Waals surface area contributed by atoms with Crippen molar-refractivity contribution in [2.75, 3.05) is 0 Å². The molecule has 0 aliphatic carbocycles. The maximum absolute atomic E-state index is 14.0. The fraction of sp³-hybridized carbons (Fsp3) is 0.229. The Kier molecular flexibility index (Phi) is 7.72. The Balaban J connectivity index is 1.60. The molecule has 44 heavy (non-hydrogen) atoms. The number of carbonyl (C=O) groups is 1. The highest BCUT2D eigenvalue weighted by Crippen LogP contribution is 2.35. The molecule has 0 aliphatic heterocycles. The lowest BCUT2D eigenvalue weighted by Gasteiger charge is -2.20. The zero-order valence-electron chi connectivity index (χ0n) is 24.9. The Morgan fingerprint density at radius 1 is 0.886 bits per heavy atom. The quantitative estimate of drug-likeness (QED) is 0.208. The Morgan fingerprint density at radius 3 is 2.16 bits per heavy atom. The summed E-state index contributed by atoms with van der Waals surface area (Å²) >= 11 is 0. The average molecular weight is 598 g/mol. The minimum atomic E-state index is -4.89. The van der Waals surface area contributed by atoms with Crippen LogP contribution < -0.4 is 5.56 Å². The van der Waals surface area contributed by atoms with Gasteiger partial charge in [0.15, 0.2) is 0 Å². The van der Waals surface area contributed by atoms with Crippen molar-refractivity contribution in [3.8, 4) is 28.5 Å². The molecule has 2 aromatic heterocycles. The normalized spacial score (nSPS) is 11.9. The molecule has 0 amide bonds. The second-order valence-electron chi connectivity index (χ2n) is 11.8. The molecule has 0 spiro atoms. The van der Waals surface area contributed by atoms with Crippen LogP contribution in [-0.4, -0.2) is 20.8 Å². The van der Waals surface area contributed by atoms with Gasteiger partial charge in [0.05, 0.1) is 23.3 Å². The van der Waals surface area contributed by atoms with Gasteiger partial charge in [-0.3, -0.25) is 9.36 Å². The van der Waals surface area contributed by atoms with Gasteiger partial charge in [-0.15, -0.1) is 0 Å². The van der Waals surface area contributed by atoms with E-state index in [1.807, 2.05) is 56.3 Å². The summed E-state index contributed by atoms with van der Waals surface area (Å²) < 4.78 is 50.2. The monoisotopic (exact) mass is 597 g/mol. The van der Waals surface area contributed by atoms with E-state index >= 15 is 0 Å². The molecule has 0 radical (unpaired) electrons. The molecule has 0 saturated carbocycles. The molecule has 9 heteroatoms. The first-order valence-electron chi connectivity index (χ1n) is 13.9. The van der Waals surface area contributed by atoms with Crippen LogP contribution in [0.3, 0.4) is 0 Å². The van der Waals surface area contributed by atoms with Gasteiger partial charge in [-0.05, 0) is 80.6 Å². The van der Waals surface area contributed by atoms with Crippen LogP contribution >= 0.6 is 0 Å². The summed E-state index contributed by atoms with van der Waals surface area (Å²) in [5.74, 6) is 0. The number of carbonyl (C=O) groups excluding carboxylic acids is 1.